The molecule has 0 aliphatic carbocycles. The third kappa shape index (κ3) is 4.60. The van der Waals surface area contributed by atoms with Gasteiger partial charge in [-0.2, -0.15) is 0 Å². The Labute approximate surface area is 202 Å². The number of pyridine rings is 1. The summed E-state index contributed by atoms with van der Waals surface area (Å²) in [5, 5.41) is 12.4. The number of rotatable bonds is 8. The van der Waals surface area contributed by atoms with E-state index in [0.717, 1.165) is 0 Å². The molecular weight excluding hydrogens is 468 g/mol. The van der Waals surface area contributed by atoms with Crippen molar-refractivity contribution < 1.29 is 18.3 Å². The van der Waals surface area contributed by atoms with Gasteiger partial charge in [0.25, 0.3) is 15.6 Å². The minimum absolute atomic E-state index is 0.00103. The Balaban J connectivity index is 1.66. The first-order valence-corrected chi connectivity index (χ1v) is 12.3. The van der Waals surface area contributed by atoms with E-state index < -0.39 is 16.0 Å². The number of anilines is 1. The molecule has 0 fully saturated rings. The Hall–Kier alpha value is -4.18. The molecule has 180 valence electrons. The van der Waals surface area contributed by atoms with Crippen LogP contribution in [-0.4, -0.2) is 40.8 Å². The Bertz CT molecular complexity index is 1520. The predicted molar refractivity (Wildman–Crippen MR) is 132 cm³/mol. The molecule has 0 bridgehead atoms. The molecule has 0 saturated heterocycles. The molecule has 0 aliphatic rings. The SMILES string of the molecule is CCN(c1ccccc1)S(=O)(=O)c1ccc(-n2[nH]c(C)c(Cc3ccccc3C(=O)O)c2=O)nc1. The number of nitrogens with one attached hydrogen (secondary N) is 1. The predicted octanol–water partition coefficient (Wildman–Crippen LogP) is 3.37. The third-order valence-corrected chi connectivity index (χ3v) is 7.56. The number of aromatic nitrogens is 3. The molecule has 2 aromatic carbocycles. The van der Waals surface area contributed by atoms with Gasteiger partial charge in [-0.25, -0.2) is 22.9 Å². The molecule has 0 saturated carbocycles. The summed E-state index contributed by atoms with van der Waals surface area (Å²) < 4.78 is 28.9. The Morgan fingerprint density at radius 3 is 2.37 bits per heavy atom. The van der Waals surface area contributed by atoms with Gasteiger partial charge in [0.15, 0.2) is 5.82 Å². The number of sulfonamides is 1. The van der Waals surface area contributed by atoms with Gasteiger partial charge in [0.1, 0.15) is 4.90 Å². The molecule has 2 aromatic heterocycles. The monoisotopic (exact) mass is 492 g/mol. The highest BCUT2D eigenvalue weighted by Crippen LogP contribution is 2.23. The maximum absolute atomic E-state index is 13.2. The zero-order valence-electron chi connectivity index (χ0n) is 19.2. The van der Waals surface area contributed by atoms with E-state index >= 15 is 0 Å². The molecule has 2 heterocycles. The molecule has 0 atom stereocenters. The number of carboxylic acids is 1. The number of benzene rings is 2. The minimum atomic E-state index is -3.85. The van der Waals surface area contributed by atoms with Gasteiger partial charge in [-0.1, -0.05) is 36.4 Å². The average molecular weight is 493 g/mol. The van der Waals surface area contributed by atoms with Gasteiger partial charge in [0.05, 0.1) is 11.3 Å². The molecule has 0 spiro atoms. The molecule has 10 heteroatoms. The van der Waals surface area contributed by atoms with Crippen molar-refractivity contribution in [1.82, 2.24) is 14.8 Å². The summed E-state index contributed by atoms with van der Waals surface area (Å²) in [6, 6.07) is 18.2. The van der Waals surface area contributed by atoms with E-state index in [1.807, 2.05) is 6.07 Å². The lowest BCUT2D eigenvalue weighted by molar-refractivity contribution is 0.0696. The van der Waals surface area contributed by atoms with Crippen molar-refractivity contribution in [3.8, 4) is 5.82 Å². The Morgan fingerprint density at radius 1 is 1.06 bits per heavy atom. The zero-order chi connectivity index (χ0) is 25.2. The van der Waals surface area contributed by atoms with Gasteiger partial charge < -0.3 is 5.11 Å². The first-order valence-electron chi connectivity index (χ1n) is 10.9. The molecule has 9 nitrogen and oxygen atoms in total. The van der Waals surface area contributed by atoms with Crippen LogP contribution >= 0.6 is 0 Å². The molecule has 0 aliphatic heterocycles. The molecule has 2 N–H and O–H groups in total. The third-order valence-electron chi connectivity index (χ3n) is 5.68. The quantitative estimate of drug-likeness (QED) is 0.388. The second kappa shape index (κ2) is 9.59. The van der Waals surface area contributed by atoms with E-state index in [1.165, 1.54) is 33.4 Å². The minimum Gasteiger partial charge on any atom is -0.478 e. The van der Waals surface area contributed by atoms with Crippen molar-refractivity contribution in [3.63, 3.8) is 0 Å². The summed E-state index contributed by atoms with van der Waals surface area (Å²) in [5.74, 6) is -0.846. The number of aromatic carboxylic acids is 1. The lowest BCUT2D eigenvalue weighted by atomic mass is 10.0. The lowest BCUT2D eigenvalue weighted by Gasteiger charge is -2.22. The van der Waals surface area contributed by atoms with Crippen molar-refractivity contribution in [2.24, 2.45) is 0 Å². The van der Waals surface area contributed by atoms with Crippen LogP contribution < -0.4 is 9.86 Å². The normalized spacial score (nSPS) is 11.4. The van der Waals surface area contributed by atoms with Gasteiger partial charge in [0, 0.05) is 30.4 Å². The van der Waals surface area contributed by atoms with Crippen LogP contribution in [0.4, 0.5) is 5.69 Å². The van der Waals surface area contributed by atoms with Gasteiger partial charge in [-0.3, -0.25) is 14.2 Å². The number of para-hydroxylation sites is 1. The maximum Gasteiger partial charge on any atom is 0.335 e. The largest absolute Gasteiger partial charge is 0.478 e. The molecule has 4 rings (SSSR count). The van der Waals surface area contributed by atoms with E-state index in [-0.39, 0.29) is 34.8 Å². The highest BCUT2D eigenvalue weighted by molar-refractivity contribution is 7.92. The van der Waals surface area contributed by atoms with Crippen molar-refractivity contribution in [1.29, 1.82) is 0 Å². The Kier molecular flexibility index (Phi) is 6.57. The number of H-pyrrole nitrogens is 1. The average Bonchev–Trinajstić information content (AvgIpc) is 3.13. The summed E-state index contributed by atoms with van der Waals surface area (Å²) in [6.07, 6.45) is 1.35. The van der Waals surface area contributed by atoms with Gasteiger partial charge in [-0.05, 0) is 49.7 Å². The number of hydrogen-bond acceptors (Lipinski definition) is 5. The van der Waals surface area contributed by atoms with Gasteiger partial charge in [0.2, 0.25) is 0 Å². The van der Waals surface area contributed by atoms with E-state index in [9.17, 15) is 23.1 Å². The van der Waals surface area contributed by atoms with Gasteiger partial charge in [-0.15, -0.1) is 0 Å². The fourth-order valence-corrected chi connectivity index (χ4v) is 5.31. The highest BCUT2D eigenvalue weighted by atomic mass is 32.2. The summed E-state index contributed by atoms with van der Waals surface area (Å²) >= 11 is 0. The maximum atomic E-state index is 13.2. The first kappa shape index (κ1) is 24.0. The van der Waals surface area contributed by atoms with Crippen molar-refractivity contribution >= 4 is 21.7 Å². The zero-order valence-corrected chi connectivity index (χ0v) is 20.0. The summed E-state index contributed by atoms with van der Waals surface area (Å²) in [7, 11) is -3.85. The first-order chi connectivity index (χ1) is 16.7. The van der Waals surface area contributed by atoms with Crippen LogP contribution in [0.25, 0.3) is 5.82 Å². The van der Waals surface area contributed by atoms with Crippen molar-refractivity contribution in [3.05, 3.63) is 106 Å². The van der Waals surface area contributed by atoms with Crippen LogP contribution in [0.3, 0.4) is 0 Å². The van der Waals surface area contributed by atoms with Crippen LogP contribution in [0, 0.1) is 6.92 Å². The van der Waals surface area contributed by atoms with Crippen LogP contribution in [0.5, 0.6) is 0 Å². The fourth-order valence-electron chi connectivity index (χ4n) is 3.89. The van der Waals surface area contributed by atoms with Gasteiger partial charge >= 0.3 is 5.97 Å². The second-order valence-corrected chi connectivity index (χ2v) is 9.71. The molecule has 0 radical (unpaired) electrons. The molecule has 4 aromatic rings. The van der Waals surface area contributed by atoms with E-state index in [4.69, 9.17) is 0 Å². The number of carboxylic acid groups (broad SMARTS) is 1. The fraction of sp³-hybridized carbons (Fsp3) is 0.160. The topological polar surface area (TPSA) is 125 Å². The number of nitrogens with zero attached hydrogens (tertiary/aromatic N) is 3. The van der Waals surface area contributed by atoms with E-state index in [2.05, 4.69) is 10.1 Å². The summed E-state index contributed by atoms with van der Waals surface area (Å²) in [6.45, 7) is 3.70. The molecular formula is C25H24N4O5S. The highest BCUT2D eigenvalue weighted by Gasteiger charge is 2.24. The molecule has 0 amide bonds. The standard InChI is InChI=1S/C25H24N4O5S/c1-3-28(19-10-5-4-6-11-19)35(33,34)20-13-14-23(26-16-20)29-24(30)22(17(2)27-29)15-18-9-7-8-12-21(18)25(31)32/h4-14,16,27H,3,15H2,1-2H3,(H,31,32). The smallest absolute Gasteiger partial charge is 0.335 e. The molecule has 0 unspecified atom stereocenters. The van der Waals surface area contributed by atoms with Crippen LogP contribution in [-0.2, 0) is 16.4 Å². The van der Waals surface area contributed by atoms with Crippen LogP contribution in [0.1, 0.15) is 34.1 Å². The second-order valence-electron chi connectivity index (χ2n) is 7.85. The summed E-state index contributed by atoms with van der Waals surface area (Å²) in [5.41, 5.74) is 1.77. The van der Waals surface area contributed by atoms with E-state index in [1.54, 1.807) is 56.3 Å². The van der Waals surface area contributed by atoms with Crippen molar-refractivity contribution in [2.45, 2.75) is 25.2 Å². The lowest BCUT2D eigenvalue weighted by Crippen LogP contribution is -2.31. The number of aromatic amines is 1. The summed E-state index contributed by atoms with van der Waals surface area (Å²) in [4.78, 5) is 28.9. The number of aryl methyl sites for hydroxylation is 1. The number of hydrogen-bond donors (Lipinski definition) is 2. The number of carbonyl (C=O) groups is 1. The Morgan fingerprint density at radius 2 is 1.74 bits per heavy atom. The van der Waals surface area contributed by atoms with Crippen LogP contribution in [0.2, 0.25) is 0 Å². The molecule has 35 heavy (non-hydrogen) atoms. The van der Waals surface area contributed by atoms with E-state index in [0.29, 0.717) is 22.5 Å². The van der Waals surface area contributed by atoms with Crippen LogP contribution in [0.15, 0.2) is 82.6 Å². The van der Waals surface area contributed by atoms with Crippen molar-refractivity contribution in [2.75, 3.05) is 10.8 Å².